The summed E-state index contributed by atoms with van der Waals surface area (Å²) in [5.41, 5.74) is 4.33. The molecule has 2 heterocycles. The lowest BCUT2D eigenvalue weighted by atomic mass is 9.87. The summed E-state index contributed by atoms with van der Waals surface area (Å²) < 4.78 is 0. The first-order valence-electron chi connectivity index (χ1n) is 10.2. The number of halogens is 1. The molecule has 2 amide bonds. The van der Waals surface area contributed by atoms with Crippen molar-refractivity contribution in [3.63, 3.8) is 0 Å². The number of hydrogen-bond donors (Lipinski definition) is 0. The Morgan fingerprint density at radius 3 is 2.29 bits per heavy atom. The second-order valence-corrected chi connectivity index (χ2v) is 8.39. The number of nitrogens with zero attached hydrogens (tertiary/aromatic N) is 2. The number of carbonyl (C=O) groups is 2. The number of carbonyl (C=O) groups excluding carboxylic acids is 2. The van der Waals surface area contributed by atoms with Gasteiger partial charge in [-0.15, -0.1) is 0 Å². The average molecular weight is 433 g/mol. The maximum Gasteiger partial charge on any atom is 0.266 e. The van der Waals surface area contributed by atoms with E-state index in [1.807, 2.05) is 56.3 Å². The molecule has 0 unspecified atom stereocenters. The van der Waals surface area contributed by atoms with Crippen molar-refractivity contribution in [2.45, 2.75) is 26.0 Å². The van der Waals surface area contributed by atoms with Gasteiger partial charge in [0.05, 0.1) is 22.4 Å². The Labute approximate surface area is 185 Å². The molecule has 6 heteroatoms. The standard InChI is InChI=1S/C25H21ClN2O3/c1-15-12-13-18(16(2)14-15)22-21-23(31-28(22)17-8-4-3-5-9-17)25(30)27(24(21)29)20-11-7-6-10-19(20)26/h3-14,21-23H,1-2H3/t21-,22+,23+/m0/s1. The summed E-state index contributed by atoms with van der Waals surface area (Å²) in [5, 5.41) is 2.07. The Bertz CT molecular complexity index is 1180. The number of fused-ring (bicyclic) bond motifs is 1. The number of imide groups is 1. The third-order valence-electron chi connectivity index (χ3n) is 5.96. The van der Waals surface area contributed by atoms with Crippen molar-refractivity contribution >= 4 is 34.8 Å². The van der Waals surface area contributed by atoms with E-state index in [1.165, 1.54) is 4.90 Å². The van der Waals surface area contributed by atoms with Crippen molar-refractivity contribution in [1.82, 2.24) is 0 Å². The molecule has 0 aliphatic carbocycles. The summed E-state index contributed by atoms with van der Waals surface area (Å²) in [6, 6.07) is 22.1. The van der Waals surface area contributed by atoms with Gasteiger partial charge in [0.2, 0.25) is 5.91 Å². The van der Waals surface area contributed by atoms with Crippen LogP contribution < -0.4 is 9.96 Å². The number of hydroxylamine groups is 1. The van der Waals surface area contributed by atoms with Crippen LogP contribution >= 0.6 is 11.6 Å². The minimum absolute atomic E-state index is 0.300. The number of hydrogen-bond acceptors (Lipinski definition) is 4. The summed E-state index contributed by atoms with van der Waals surface area (Å²) >= 11 is 6.31. The van der Waals surface area contributed by atoms with Crippen LogP contribution in [0.4, 0.5) is 11.4 Å². The molecule has 0 bridgehead atoms. The first-order chi connectivity index (χ1) is 15.0. The molecule has 0 spiro atoms. The molecule has 3 atom stereocenters. The number of para-hydroxylation sites is 2. The van der Waals surface area contributed by atoms with Crippen LogP contribution in [-0.4, -0.2) is 17.9 Å². The zero-order chi connectivity index (χ0) is 21.7. The van der Waals surface area contributed by atoms with Crippen LogP contribution in [0.1, 0.15) is 22.7 Å². The van der Waals surface area contributed by atoms with Crippen molar-refractivity contribution in [2.24, 2.45) is 5.92 Å². The fourth-order valence-corrected chi connectivity index (χ4v) is 4.78. The van der Waals surface area contributed by atoms with E-state index in [2.05, 4.69) is 6.07 Å². The summed E-state index contributed by atoms with van der Waals surface area (Å²) in [6.45, 7) is 4.05. The summed E-state index contributed by atoms with van der Waals surface area (Å²) in [7, 11) is 0. The quantitative estimate of drug-likeness (QED) is 0.546. The van der Waals surface area contributed by atoms with E-state index >= 15 is 0 Å². The topological polar surface area (TPSA) is 49.9 Å². The van der Waals surface area contributed by atoms with Crippen LogP contribution in [0.25, 0.3) is 0 Å². The molecule has 0 radical (unpaired) electrons. The molecule has 2 fully saturated rings. The van der Waals surface area contributed by atoms with E-state index in [4.69, 9.17) is 16.4 Å². The molecule has 5 rings (SSSR count). The number of aryl methyl sites for hydroxylation is 2. The van der Waals surface area contributed by atoms with Crippen molar-refractivity contribution in [3.8, 4) is 0 Å². The van der Waals surface area contributed by atoms with Crippen LogP contribution in [-0.2, 0) is 14.4 Å². The largest absolute Gasteiger partial charge is 0.273 e. The Hall–Kier alpha value is -3.15. The van der Waals surface area contributed by atoms with E-state index in [9.17, 15) is 9.59 Å². The highest BCUT2D eigenvalue weighted by Crippen LogP contribution is 2.48. The third kappa shape index (κ3) is 3.12. The lowest BCUT2D eigenvalue weighted by Gasteiger charge is -2.30. The van der Waals surface area contributed by atoms with Crippen LogP contribution in [0.5, 0.6) is 0 Å². The zero-order valence-corrected chi connectivity index (χ0v) is 17.9. The van der Waals surface area contributed by atoms with Crippen LogP contribution in [0.2, 0.25) is 5.02 Å². The molecule has 3 aromatic carbocycles. The molecule has 156 valence electrons. The Morgan fingerprint density at radius 2 is 1.58 bits per heavy atom. The monoisotopic (exact) mass is 432 g/mol. The second kappa shape index (κ2) is 7.52. The maximum absolute atomic E-state index is 13.6. The van der Waals surface area contributed by atoms with Gasteiger partial charge in [0.1, 0.15) is 5.92 Å². The SMILES string of the molecule is Cc1ccc([C@@H]2[C@@H]3C(=O)N(c4ccccc4Cl)C(=O)[C@@H]3ON2c2ccccc2)c(C)c1. The van der Waals surface area contributed by atoms with Gasteiger partial charge in [-0.3, -0.25) is 14.4 Å². The van der Waals surface area contributed by atoms with Gasteiger partial charge in [-0.1, -0.05) is 65.7 Å². The zero-order valence-electron chi connectivity index (χ0n) is 17.2. The van der Waals surface area contributed by atoms with Gasteiger partial charge in [-0.25, -0.2) is 9.96 Å². The Kier molecular flexibility index (Phi) is 4.80. The van der Waals surface area contributed by atoms with Crippen molar-refractivity contribution in [2.75, 3.05) is 9.96 Å². The third-order valence-corrected chi connectivity index (χ3v) is 6.28. The fraction of sp³-hybridized carbons (Fsp3) is 0.200. The van der Waals surface area contributed by atoms with Gasteiger partial charge >= 0.3 is 0 Å². The van der Waals surface area contributed by atoms with E-state index in [1.54, 1.807) is 29.3 Å². The van der Waals surface area contributed by atoms with E-state index in [-0.39, 0.29) is 5.91 Å². The number of benzene rings is 3. The molecule has 0 saturated carbocycles. The predicted molar refractivity (Wildman–Crippen MR) is 120 cm³/mol. The highest BCUT2D eigenvalue weighted by molar-refractivity contribution is 6.36. The van der Waals surface area contributed by atoms with Crippen LogP contribution in [0, 0.1) is 19.8 Å². The molecule has 0 N–H and O–H groups in total. The fourth-order valence-electron chi connectivity index (χ4n) is 4.56. The van der Waals surface area contributed by atoms with Crippen molar-refractivity contribution in [1.29, 1.82) is 0 Å². The van der Waals surface area contributed by atoms with E-state index in [0.717, 1.165) is 22.4 Å². The predicted octanol–water partition coefficient (Wildman–Crippen LogP) is 5.01. The van der Waals surface area contributed by atoms with Gasteiger partial charge < -0.3 is 0 Å². The van der Waals surface area contributed by atoms with Crippen LogP contribution in [0.3, 0.4) is 0 Å². The second-order valence-electron chi connectivity index (χ2n) is 7.98. The summed E-state index contributed by atoms with van der Waals surface area (Å²) in [4.78, 5) is 34.3. The maximum atomic E-state index is 13.6. The molecule has 2 aliphatic rings. The van der Waals surface area contributed by atoms with E-state index in [0.29, 0.717) is 10.7 Å². The summed E-state index contributed by atoms with van der Waals surface area (Å²) in [6.07, 6.45) is -0.908. The van der Waals surface area contributed by atoms with Gasteiger partial charge in [-0.05, 0) is 49.2 Å². The number of amides is 2. The molecule has 2 saturated heterocycles. The van der Waals surface area contributed by atoms with Crippen LogP contribution in [0.15, 0.2) is 72.8 Å². The molecule has 0 aromatic heterocycles. The van der Waals surface area contributed by atoms with Crippen molar-refractivity contribution < 1.29 is 14.4 Å². The highest BCUT2D eigenvalue weighted by atomic mass is 35.5. The average Bonchev–Trinajstić information content (AvgIpc) is 3.26. The number of rotatable bonds is 3. The summed E-state index contributed by atoms with van der Waals surface area (Å²) in [5.74, 6) is -1.37. The molecular weight excluding hydrogens is 412 g/mol. The lowest BCUT2D eigenvalue weighted by Crippen LogP contribution is -2.37. The normalized spacial score (nSPS) is 22.9. The molecule has 5 nitrogen and oxygen atoms in total. The van der Waals surface area contributed by atoms with E-state index < -0.39 is 24.0 Å². The first-order valence-corrected chi connectivity index (χ1v) is 10.6. The smallest absolute Gasteiger partial charge is 0.266 e. The lowest BCUT2D eigenvalue weighted by molar-refractivity contribution is -0.126. The highest BCUT2D eigenvalue weighted by Gasteiger charge is 2.60. The molecular formula is C25H21ClN2O3. The molecule has 31 heavy (non-hydrogen) atoms. The van der Waals surface area contributed by atoms with Gasteiger partial charge in [0.25, 0.3) is 5.91 Å². The van der Waals surface area contributed by atoms with Gasteiger partial charge in [0, 0.05) is 0 Å². The molecule has 3 aromatic rings. The van der Waals surface area contributed by atoms with Gasteiger partial charge in [-0.2, -0.15) is 0 Å². The Balaban J connectivity index is 1.63. The number of anilines is 2. The minimum Gasteiger partial charge on any atom is -0.273 e. The first kappa shape index (κ1) is 19.8. The van der Waals surface area contributed by atoms with Gasteiger partial charge in [0.15, 0.2) is 6.10 Å². The Morgan fingerprint density at radius 1 is 0.871 bits per heavy atom. The molecule has 2 aliphatic heterocycles. The minimum atomic E-state index is -0.908. The van der Waals surface area contributed by atoms with Crippen molar-refractivity contribution in [3.05, 3.63) is 94.5 Å².